The van der Waals surface area contributed by atoms with Gasteiger partial charge in [0.15, 0.2) is 0 Å². The molecule has 0 saturated carbocycles. The highest BCUT2D eigenvalue weighted by Gasteiger charge is 2.16. The molecule has 1 aromatic carbocycles. The molecule has 0 aliphatic heterocycles. The van der Waals surface area contributed by atoms with E-state index in [2.05, 4.69) is 4.98 Å². The highest BCUT2D eigenvalue weighted by Crippen LogP contribution is 2.23. The number of nitrogens with two attached hydrogens (primary N) is 1. The molecule has 0 saturated heterocycles. The molecule has 3 N–H and O–H groups in total. The average Bonchev–Trinajstić information content (AvgIpc) is 2.36. The molecule has 0 atom stereocenters. The van der Waals surface area contributed by atoms with Crippen molar-refractivity contribution in [3.8, 4) is 0 Å². The first-order valence-electron chi connectivity index (χ1n) is 5.72. The molecule has 0 spiro atoms. The van der Waals surface area contributed by atoms with Crippen LogP contribution in [0, 0.1) is 5.41 Å². The fraction of sp³-hybridized carbons (Fsp3) is 0.231. The Balaban J connectivity index is 2.56. The minimum Gasteiger partial charge on any atom is -0.384 e. The Kier molecular flexibility index (Phi) is 3.59. The number of nitrogens with one attached hydrogen (secondary N) is 1. The Bertz CT molecular complexity index is 613. The van der Waals surface area contributed by atoms with Crippen LogP contribution < -0.4 is 10.6 Å². The van der Waals surface area contributed by atoms with Crippen LogP contribution in [0.2, 0.25) is 0 Å². The summed E-state index contributed by atoms with van der Waals surface area (Å²) in [7, 11) is 1.51. The predicted molar refractivity (Wildman–Crippen MR) is 72.0 cm³/mol. The first kappa shape index (κ1) is 13.2. The maximum atomic E-state index is 12.5. The van der Waals surface area contributed by atoms with E-state index < -0.39 is 13.0 Å². The Labute approximate surface area is 109 Å². The highest BCUT2D eigenvalue weighted by atomic mass is 19.3. The molecule has 2 rings (SSSR count). The van der Waals surface area contributed by atoms with Gasteiger partial charge in [0.2, 0.25) is 0 Å². The van der Waals surface area contributed by atoms with Gasteiger partial charge in [0.05, 0.1) is 17.6 Å². The summed E-state index contributed by atoms with van der Waals surface area (Å²) in [5, 5.41) is 8.37. The molecule has 19 heavy (non-hydrogen) atoms. The van der Waals surface area contributed by atoms with Gasteiger partial charge < -0.3 is 10.6 Å². The molecule has 0 amide bonds. The van der Waals surface area contributed by atoms with Crippen LogP contribution >= 0.6 is 0 Å². The number of nitrogen functional groups attached to an aromatic ring is 1. The number of pyridine rings is 1. The van der Waals surface area contributed by atoms with Crippen molar-refractivity contribution in [2.24, 2.45) is 5.73 Å². The van der Waals surface area contributed by atoms with Crippen molar-refractivity contribution in [2.75, 3.05) is 18.5 Å². The minimum atomic E-state index is -2.47. The second kappa shape index (κ2) is 5.17. The zero-order valence-electron chi connectivity index (χ0n) is 10.4. The molecule has 6 heteroatoms. The molecule has 0 fully saturated rings. The molecule has 0 bridgehead atoms. The first-order valence-corrected chi connectivity index (χ1v) is 5.72. The molecule has 4 nitrogen and oxygen atoms in total. The van der Waals surface area contributed by atoms with Crippen LogP contribution in [0.3, 0.4) is 0 Å². The number of fused-ring (bicyclic) bond motifs is 1. The van der Waals surface area contributed by atoms with Gasteiger partial charge in [-0.2, -0.15) is 0 Å². The lowest BCUT2D eigenvalue weighted by molar-refractivity contribution is 0.156. The van der Waals surface area contributed by atoms with Gasteiger partial charge in [-0.1, -0.05) is 18.2 Å². The summed E-state index contributed by atoms with van der Waals surface area (Å²) in [5.41, 5.74) is 6.55. The monoisotopic (exact) mass is 264 g/mol. The van der Waals surface area contributed by atoms with Crippen LogP contribution in [0.25, 0.3) is 10.9 Å². The smallest absolute Gasteiger partial charge is 0.255 e. The van der Waals surface area contributed by atoms with E-state index in [-0.39, 0.29) is 5.84 Å². The maximum absolute atomic E-state index is 12.5. The fourth-order valence-electron chi connectivity index (χ4n) is 1.89. The van der Waals surface area contributed by atoms with Gasteiger partial charge in [-0.3, -0.25) is 5.41 Å². The van der Waals surface area contributed by atoms with Crippen LogP contribution in [0.4, 0.5) is 14.6 Å². The zero-order chi connectivity index (χ0) is 14.0. The van der Waals surface area contributed by atoms with E-state index in [1.165, 1.54) is 11.9 Å². The number of amidine groups is 1. The van der Waals surface area contributed by atoms with Crippen LogP contribution in [-0.4, -0.2) is 30.8 Å². The number of benzene rings is 1. The Hall–Kier alpha value is -2.24. The summed E-state index contributed by atoms with van der Waals surface area (Å²) in [6.07, 6.45) is -2.47. The van der Waals surface area contributed by atoms with E-state index in [9.17, 15) is 8.78 Å². The minimum absolute atomic E-state index is 0.186. The van der Waals surface area contributed by atoms with E-state index in [1.54, 1.807) is 12.1 Å². The molecule has 2 aromatic rings. The lowest BCUT2D eigenvalue weighted by atomic mass is 10.1. The number of anilines is 1. The molecule has 1 heterocycles. The Morgan fingerprint density at radius 3 is 2.74 bits per heavy atom. The van der Waals surface area contributed by atoms with Gasteiger partial charge in [0.25, 0.3) is 6.43 Å². The predicted octanol–water partition coefficient (Wildman–Crippen LogP) is 2.22. The highest BCUT2D eigenvalue weighted by molar-refractivity contribution is 6.02. The van der Waals surface area contributed by atoms with Crippen LogP contribution in [0.1, 0.15) is 5.56 Å². The summed E-state index contributed by atoms with van der Waals surface area (Å²) in [4.78, 5) is 5.63. The van der Waals surface area contributed by atoms with Crippen molar-refractivity contribution in [1.29, 1.82) is 5.41 Å². The van der Waals surface area contributed by atoms with Gasteiger partial charge >= 0.3 is 0 Å². The topological polar surface area (TPSA) is 66.0 Å². The lowest BCUT2D eigenvalue weighted by Crippen LogP contribution is -2.28. The van der Waals surface area contributed by atoms with E-state index in [0.717, 1.165) is 5.39 Å². The molecule has 0 unspecified atom stereocenters. The summed E-state index contributed by atoms with van der Waals surface area (Å²) >= 11 is 0. The van der Waals surface area contributed by atoms with Gasteiger partial charge in [-0.15, -0.1) is 0 Å². The third kappa shape index (κ3) is 2.78. The van der Waals surface area contributed by atoms with Crippen molar-refractivity contribution in [2.45, 2.75) is 6.43 Å². The summed E-state index contributed by atoms with van der Waals surface area (Å²) in [5.74, 6) is 0.112. The molecule has 0 aliphatic rings. The number of aromatic nitrogens is 1. The third-order valence-electron chi connectivity index (χ3n) is 2.77. The quantitative estimate of drug-likeness (QED) is 0.657. The van der Waals surface area contributed by atoms with Crippen LogP contribution in [0.15, 0.2) is 30.3 Å². The van der Waals surface area contributed by atoms with Crippen LogP contribution in [0.5, 0.6) is 0 Å². The molecule has 0 radical (unpaired) electrons. The molecule has 100 valence electrons. The molecule has 0 aliphatic carbocycles. The maximum Gasteiger partial charge on any atom is 0.255 e. The zero-order valence-corrected chi connectivity index (χ0v) is 10.4. The first-order chi connectivity index (χ1) is 8.99. The second-order valence-corrected chi connectivity index (χ2v) is 4.24. The summed E-state index contributed by atoms with van der Waals surface area (Å²) < 4.78 is 24.9. The van der Waals surface area contributed by atoms with Crippen molar-refractivity contribution in [1.82, 2.24) is 4.98 Å². The number of nitrogens with zero attached hydrogens (tertiary/aromatic N) is 2. The van der Waals surface area contributed by atoms with Gasteiger partial charge in [0.1, 0.15) is 11.7 Å². The normalized spacial score (nSPS) is 10.9. The van der Waals surface area contributed by atoms with Crippen molar-refractivity contribution in [3.05, 3.63) is 35.9 Å². The average molecular weight is 264 g/mol. The SMILES string of the molecule is CN(CC(F)F)c1nc2ccccc2cc1C(=N)N. The Morgan fingerprint density at radius 2 is 2.11 bits per heavy atom. The van der Waals surface area contributed by atoms with E-state index in [1.807, 2.05) is 18.2 Å². The number of alkyl halides is 2. The molecule has 1 aromatic heterocycles. The van der Waals surface area contributed by atoms with E-state index >= 15 is 0 Å². The van der Waals surface area contributed by atoms with Crippen LogP contribution in [-0.2, 0) is 0 Å². The largest absolute Gasteiger partial charge is 0.384 e. The second-order valence-electron chi connectivity index (χ2n) is 4.24. The number of hydrogen-bond donors (Lipinski definition) is 2. The van der Waals surface area contributed by atoms with Gasteiger partial charge in [-0.25, -0.2) is 13.8 Å². The number of rotatable bonds is 4. The van der Waals surface area contributed by atoms with E-state index in [4.69, 9.17) is 11.1 Å². The van der Waals surface area contributed by atoms with Crippen molar-refractivity contribution in [3.63, 3.8) is 0 Å². The van der Waals surface area contributed by atoms with E-state index in [0.29, 0.717) is 16.9 Å². The van der Waals surface area contributed by atoms with Gasteiger partial charge in [-0.05, 0) is 12.1 Å². The Morgan fingerprint density at radius 1 is 1.42 bits per heavy atom. The van der Waals surface area contributed by atoms with Crippen molar-refractivity contribution < 1.29 is 8.78 Å². The number of halogens is 2. The molecular weight excluding hydrogens is 250 g/mol. The lowest BCUT2D eigenvalue weighted by Gasteiger charge is -2.21. The number of para-hydroxylation sites is 1. The van der Waals surface area contributed by atoms with Crippen molar-refractivity contribution >= 4 is 22.6 Å². The third-order valence-corrected chi connectivity index (χ3v) is 2.77. The fourth-order valence-corrected chi connectivity index (χ4v) is 1.89. The summed E-state index contributed by atoms with van der Waals surface area (Å²) in [6, 6.07) is 8.99. The summed E-state index contributed by atoms with van der Waals surface area (Å²) in [6.45, 7) is -0.453. The number of hydrogen-bond acceptors (Lipinski definition) is 3. The molecular formula is C13H14F2N4. The standard InChI is InChI=1S/C13H14F2N4/c1-19(7-11(14)15)13-9(12(16)17)6-8-4-2-3-5-10(8)18-13/h2-6,11H,7H2,1H3,(H3,16,17). The van der Waals surface area contributed by atoms with Gasteiger partial charge in [0, 0.05) is 12.4 Å².